The summed E-state index contributed by atoms with van der Waals surface area (Å²) in [6.07, 6.45) is 0.229. The zero-order chi connectivity index (χ0) is 26.3. The van der Waals surface area contributed by atoms with Crippen LogP contribution in [0.3, 0.4) is 0 Å². The van der Waals surface area contributed by atoms with Gasteiger partial charge in [0.25, 0.3) is 5.56 Å². The minimum Gasteiger partial charge on any atom is -0.495 e. The molecule has 0 aromatic heterocycles. The van der Waals surface area contributed by atoms with Crippen LogP contribution in [0.1, 0.15) is 36.8 Å². The molecule has 0 spiro atoms. The number of anilines is 1. The van der Waals surface area contributed by atoms with E-state index in [1.165, 1.54) is 12.0 Å². The second kappa shape index (κ2) is 10.0. The average Bonchev–Trinajstić information content (AvgIpc) is 3.18. The Hall–Kier alpha value is -3.27. The number of halogens is 3. The molecule has 9 nitrogen and oxygen atoms in total. The molecule has 0 unspecified atom stereocenters. The lowest BCUT2D eigenvalue weighted by Gasteiger charge is -2.18. The first kappa shape index (κ1) is 25.8. The Kier molecular flexibility index (Phi) is 7.17. The molecule has 2 aromatic carbocycles. The summed E-state index contributed by atoms with van der Waals surface area (Å²) in [5.74, 6) is 1.04. The van der Waals surface area contributed by atoms with Crippen LogP contribution in [0.5, 0.6) is 5.75 Å². The summed E-state index contributed by atoms with van der Waals surface area (Å²) < 4.78 is 7.02. The van der Waals surface area contributed by atoms with Crippen LogP contribution in [0.4, 0.5) is 10.5 Å². The number of ether oxygens (including phenoxy) is 1. The Bertz CT molecular complexity index is 1470. The van der Waals surface area contributed by atoms with Gasteiger partial charge in [-0.2, -0.15) is 4.98 Å². The lowest BCUT2D eigenvalue weighted by Crippen LogP contribution is -2.32. The molecular formula is C24H23Cl3N6O3. The number of primary amides is 1. The number of aromatic amines is 1. The molecule has 2 aliphatic rings. The highest BCUT2D eigenvalue weighted by Crippen LogP contribution is 2.37. The molecule has 2 aliphatic heterocycles. The van der Waals surface area contributed by atoms with Gasteiger partial charge in [0.05, 0.1) is 28.5 Å². The number of methoxy groups -OCH3 is 1. The van der Waals surface area contributed by atoms with Crippen LogP contribution in [0.15, 0.2) is 35.1 Å². The molecule has 0 aliphatic carbocycles. The van der Waals surface area contributed by atoms with Crippen molar-refractivity contribution in [2.75, 3.05) is 19.1 Å². The van der Waals surface area contributed by atoms with Gasteiger partial charge in [-0.25, -0.2) is 14.5 Å². The van der Waals surface area contributed by atoms with Gasteiger partial charge in [0.15, 0.2) is 5.82 Å². The van der Waals surface area contributed by atoms with Gasteiger partial charge in [-0.15, -0.1) is 0 Å². The van der Waals surface area contributed by atoms with E-state index >= 15 is 0 Å². The van der Waals surface area contributed by atoms with Gasteiger partial charge in [-0.1, -0.05) is 54.7 Å². The fourth-order valence-corrected chi connectivity index (χ4v) is 4.90. The monoisotopic (exact) mass is 548 g/mol. The van der Waals surface area contributed by atoms with Crippen molar-refractivity contribution in [3.63, 3.8) is 0 Å². The molecule has 0 atom stereocenters. The quantitative estimate of drug-likeness (QED) is 0.340. The Morgan fingerprint density at radius 1 is 1.17 bits per heavy atom. The number of hydrogen-bond donors (Lipinski definition) is 2. The maximum absolute atomic E-state index is 13.2. The number of nitrogens with zero attached hydrogens (tertiary/aromatic N) is 4. The maximum Gasteiger partial charge on any atom is 0.319 e. The molecule has 2 heterocycles. The molecule has 36 heavy (non-hydrogen) atoms. The molecule has 0 radical (unpaired) electrons. The zero-order valence-corrected chi connectivity index (χ0v) is 22.2. The minimum atomic E-state index is -0.622. The summed E-state index contributed by atoms with van der Waals surface area (Å²) in [5, 5.41) is 4.19. The number of H-pyrrole nitrogens is 1. The maximum atomic E-state index is 13.2. The van der Waals surface area contributed by atoms with E-state index in [0.717, 1.165) is 5.56 Å². The van der Waals surface area contributed by atoms with Gasteiger partial charge in [-0.3, -0.25) is 14.8 Å². The fraction of sp³-hybridized carbons (Fsp3) is 0.250. The molecule has 0 saturated carbocycles. The van der Waals surface area contributed by atoms with E-state index in [1.807, 2.05) is 13.8 Å². The molecule has 2 amide bonds. The highest BCUT2D eigenvalue weighted by molar-refractivity contribution is 6.40. The highest BCUT2D eigenvalue weighted by atomic mass is 35.5. The number of carbonyl (C=O) groups is 1. The Balaban J connectivity index is 1.85. The standard InChI is InChI=1S/C24H23Cl3N6O3/c1-11(2)20-19-22(33(31-20)21-14(26)9-13(25)10-15(21)27)29-18(30-23(19)34)8-12-5-6-16(17(7-12)36-4)32(3)24(28)35/h5-7,9-11,31H,8H2,1-4H3,(H2,28,35). The van der Waals surface area contributed by atoms with Gasteiger partial charge < -0.3 is 10.5 Å². The van der Waals surface area contributed by atoms with Crippen molar-refractivity contribution >= 4 is 46.5 Å². The second-order valence-electron chi connectivity index (χ2n) is 8.46. The zero-order valence-electron chi connectivity index (χ0n) is 19.9. The van der Waals surface area contributed by atoms with E-state index in [0.29, 0.717) is 49.3 Å². The Labute approximate surface area is 222 Å². The highest BCUT2D eigenvalue weighted by Gasteiger charge is 2.27. The Morgan fingerprint density at radius 2 is 1.83 bits per heavy atom. The Morgan fingerprint density at radius 3 is 2.42 bits per heavy atom. The third-order valence-electron chi connectivity index (χ3n) is 5.70. The second-order valence-corrected chi connectivity index (χ2v) is 9.71. The summed E-state index contributed by atoms with van der Waals surface area (Å²) >= 11 is 19.1. The van der Waals surface area contributed by atoms with Crippen molar-refractivity contribution in [2.24, 2.45) is 5.73 Å². The number of amides is 2. The fourth-order valence-electron chi connectivity index (χ4n) is 3.92. The molecule has 4 rings (SSSR count). The van der Waals surface area contributed by atoms with E-state index in [4.69, 9.17) is 50.3 Å². The predicted molar refractivity (Wildman–Crippen MR) is 142 cm³/mol. The minimum absolute atomic E-state index is 0.0280. The summed E-state index contributed by atoms with van der Waals surface area (Å²) in [6.45, 7) is 3.90. The van der Waals surface area contributed by atoms with E-state index in [-0.39, 0.29) is 18.2 Å². The van der Waals surface area contributed by atoms with Crippen LogP contribution in [-0.2, 0) is 6.42 Å². The number of hydrogen-bond acceptors (Lipinski definition) is 5. The van der Waals surface area contributed by atoms with Crippen molar-refractivity contribution < 1.29 is 9.53 Å². The first-order chi connectivity index (χ1) is 17.0. The van der Waals surface area contributed by atoms with Crippen LogP contribution in [0, 0.1) is 0 Å². The number of aromatic nitrogens is 4. The largest absolute Gasteiger partial charge is 0.495 e. The molecule has 0 bridgehead atoms. The van der Waals surface area contributed by atoms with Crippen LogP contribution in [-0.4, -0.2) is 39.9 Å². The first-order valence-electron chi connectivity index (χ1n) is 10.9. The number of rotatable bonds is 6. The SMILES string of the molecule is COc1cc(Cc2nc3n(-c4c(Cl)cc(Cl)cc4Cl)[nH]c(C(C)C)c-3c(=O)n2)ccc1N(C)C(N)=O. The van der Waals surface area contributed by atoms with E-state index < -0.39 is 11.6 Å². The van der Waals surface area contributed by atoms with Gasteiger partial charge in [0, 0.05) is 18.5 Å². The van der Waals surface area contributed by atoms with Crippen molar-refractivity contribution in [1.82, 2.24) is 19.7 Å². The first-order valence-corrected chi connectivity index (χ1v) is 12.0. The summed E-state index contributed by atoms with van der Waals surface area (Å²) in [6, 6.07) is 7.74. The van der Waals surface area contributed by atoms with Gasteiger partial charge in [0.1, 0.15) is 22.8 Å². The topological polar surface area (TPSA) is 119 Å². The van der Waals surface area contributed by atoms with Crippen LogP contribution < -0.4 is 20.9 Å². The van der Waals surface area contributed by atoms with Gasteiger partial charge in [0.2, 0.25) is 0 Å². The number of nitrogens with two attached hydrogens (primary N) is 1. The van der Waals surface area contributed by atoms with Crippen molar-refractivity contribution in [1.29, 1.82) is 0 Å². The number of carbonyl (C=O) groups excluding carboxylic acids is 1. The number of fused-ring (bicyclic) bond motifs is 1. The molecule has 12 heteroatoms. The van der Waals surface area contributed by atoms with Crippen molar-refractivity contribution in [3.05, 3.63) is 72.8 Å². The smallest absolute Gasteiger partial charge is 0.319 e. The molecule has 0 saturated heterocycles. The number of urea groups is 1. The van der Waals surface area contributed by atoms with Gasteiger partial charge in [-0.05, 0) is 35.7 Å². The van der Waals surface area contributed by atoms with Crippen LogP contribution in [0.2, 0.25) is 15.1 Å². The lowest BCUT2D eigenvalue weighted by atomic mass is 10.1. The third-order valence-corrected chi connectivity index (χ3v) is 6.49. The molecule has 3 N–H and O–H groups in total. The molecule has 2 aromatic rings. The lowest BCUT2D eigenvalue weighted by molar-refractivity contribution is 0.255. The van der Waals surface area contributed by atoms with Crippen LogP contribution in [0.25, 0.3) is 17.1 Å². The summed E-state index contributed by atoms with van der Waals surface area (Å²) in [5.41, 5.74) is 7.66. The molecule has 0 fully saturated rings. The molecular weight excluding hydrogens is 527 g/mol. The van der Waals surface area contributed by atoms with Gasteiger partial charge >= 0.3 is 6.03 Å². The number of nitrogens with one attached hydrogen (secondary N) is 1. The number of benzene rings is 2. The predicted octanol–water partition coefficient (Wildman–Crippen LogP) is 5.26. The van der Waals surface area contributed by atoms with E-state index in [2.05, 4.69) is 10.1 Å². The van der Waals surface area contributed by atoms with E-state index in [1.54, 1.807) is 42.1 Å². The average molecular weight is 550 g/mol. The van der Waals surface area contributed by atoms with Crippen molar-refractivity contribution in [3.8, 4) is 22.8 Å². The molecule has 188 valence electrons. The third kappa shape index (κ3) is 4.74. The van der Waals surface area contributed by atoms with E-state index in [9.17, 15) is 9.59 Å². The summed E-state index contributed by atoms with van der Waals surface area (Å²) in [4.78, 5) is 35.0. The van der Waals surface area contributed by atoms with Crippen molar-refractivity contribution in [2.45, 2.75) is 26.2 Å². The van der Waals surface area contributed by atoms with Crippen LogP contribution >= 0.6 is 34.8 Å². The summed E-state index contributed by atoms with van der Waals surface area (Å²) in [7, 11) is 3.04. The normalized spacial score (nSPS) is 11.3.